The van der Waals surface area contributed by atoms with E-state index in [1.54, 1.807) is 24.3 Å². The van der Waals surface area contributed by atoms with Crippen molar-refractivity contribution in [3.63, 3.8) is 0 Å². The van der Waals surface area contributed by atoms with E-state index in [-0.39, 0.29) is 29.5 Å². The Morgan fingerprint density at radius 3 is 1.44 bits per heavy atom. The van der Waals surface area contributed by atoms with Gasteiger partial charge in [-0.1, -0.05) is 48.5 Å². The van der Waals surface area contributed by atoms with Gasteiger partial charge < -0.3 is 19.3 Å². The Hall–Kier alpha value is -4.57. The lowest BCUT2D eigenvalue weighted by Crippen LogP contribution is -2.41. The van der Waals surface area contributed by atoms with E-state index in [0.717, 1.165) is 24.3 Å². The molecule has 0 amide bonds. The highest BCUT2D eigenvalue weighted by atomic mass is 31.2. The summed E-state index contributed by atoms with van der Waals surface area (Å²) in [5.74, 6) is -2.22. The van der Waals surface area contributed by atoms with E-state index in [4.69, 9.17) is 19.3 Å². The van der Waals surface area contributed by atoms with Crippen LogP contribution in [-0.4, -0.2) is 41.7 Å². The Balaban J connectivity index is 1.90. The zero-order valence-electron chi connectivity index (χ0n) is 24.1. The number of Topliss-reactive ketones (excluding diaryl/α,β-unsaturated/α-hetero) is 1. The fourth-order valence-corrected chi connectivity index (χ4v) is 5.53. The molecule has 2 N–H and O–H groups in total. The zero-order chi connectivity index (χ0) is 33.0. The monoisotopic (exact) mass is 640 g/mol. The van der Waals surface area contributed by atoms with Crippen LogP contribution in [0.5, 0.6) is 0 Å². The van der Waals surface area contributed by atoms with Gasteiger partial charge in [0.15, 0.2) is 5.78 Å². The van der Waals surface area contributed by atoms with Gasteiger partial charge in [-0.15, -0.1) is 0 Å². The second kappa shape index (κ2) is 13.2. The highest BCUT2D eigenvalue weighted by molar-refractivity contribution is 7.52. The van der Waals surface area contributed by atoms with Crippen LogP contribution in [0.1, 0.15) is 53.3 Å². The predicted octanol–water partition coefficient (Wildman–Crippen LogP) is 6.23. The molecule has 0 spiro atoms. The summed E-state index contributed by atoms with van der Waals surface area (Å²) in [6, 6.07) is 21.5. The number of esters is 2. The van der Waals surface area contributed by atoms with Gasteiger partial charge in [0.1, 0.15) is 5.82 Å². The van der Waals surface area contributed by atoms with Crippen molar-refractivity contribution in [3.05, 3.63) is 142 Å². The van der Waals surface area contributed by atoms with E-state index in [9.17, 15) is 32.1 Å². The number of methoxy groups -OCH3 is 2. The summed E-state index contributed by atoms with van der Waals surface area (Å²) in [5.41, 5.74) is -4.84. The van der Waals surface area contributed by atoms with Gasteiger partial charge in [0.05, 0.1) is 30.8 Å². The van der Waals surface area contributed by atoms with Crippen molar-refractivity contribution in [1.29, 1.82) is 0 Å². The smallest absolute Gasteiger partial charge is 0.399 e. The van der Waals surface area contributed by atoms with Crippen LogP contribution >= 0.6 is 7.60 Å². The molecule has 4 rings (SSSR count). The Morgan fingerprint density at radius 2 is 1.02 bits per heavy atom. The van der Waals surface area contributed by atoms with Gasteiger partial charge in [0, 0.05) is 11.1 Å². The molecule has 0 radical (unpaired) electrons. The van der Waals surface area contributed by atoms with Gasteiger partial charge in [-0.2, -0.15) is 8.78 Å². The summed E-state index contributed by atoms with van der Waals surface area (Å²) in [7, 11) is -3.36. The molecule has 4 aromatic rings. The van der Waals surface area contributed by atoms with Crippen molar-refractivity contribution in [2.24, 2.45) is 0 Å². The lowest BCUT2D eigenvalue weighted by atomic mass is 9.67. The minimum atomic E-state index is -5.82. The Labute approximate surface area is 256 Å². The minimum Gasteiger partial charge on any atom is -0.465 e. The fraction of sp³-hybridized carbons (Fsp3) is 0.182. The number of carbonyl (C=O) groups is 3. The molecule has 45 heavy (non-hydrogen) atoms. The molecule has 0 aliphatic carbocycles. The van der Waals surface area contributed by atoms with Crippen LogP contribution < -0.4 is 0 Å². The molecule has 12 heteroatoms. The van der Waals surface area contributed by atoms with Crippen LogP contribution in [0, 0.1) is 5.82 Å². The van der Waals surface area contributed by atoms with Crippen LogP contribution in [0.3, 0.4) is 0 Å². The predicted molar refractivity (Wildman–Crippen MR) is 158 cm³/mol. The van der Waals surface area contributed by atoms with Crippen LogP contribution in [-0.2, 0) is 38.0 Å². The van der Waals surface area contributed by atoms with Crippen LogP contribution in [0.15, 0.2) is 97.1 Å². The molecule has 0 saturated heterocycles. The molecule has 8 nitrogen and oxygen atoms in total. The van der Waals surface area contributed by atoms with E-state index in [0.29, 0.717) is 16.7 Å². The van der Waals surface area contributed by atoms with Crippen molar-refractivity contribution in [2.45, 2.75) is 23.9 Å². The first-order chi connectivity index (χ1) is 21.2. The zero-order valence-corrected chi connectivity index (χ0v) is 25.0. The Morgan fingerprint density at radius 1 is 0.644 bits per heavy atom. The van der Waals surface area contributed by atoms with Gasteiger partial charge in [-0.3, -0.25) is 9.36 Å². The number of benzene rings is 4. The third-order valence-corrected chi connectivity index (χ3v) is 8.44. The molecule has 1 atom stereocenters. The van der Waals surface area contributed by atoms with E-state index < -0.39 is 47.8 Å². The summed E-state index contributed by atoms with van der Waals surface area (Å²) in [4.78, 5) is 57.0. The molecule has 1 unspecified atom stereocenters. The Kier molecular flexibility index (Phi) is 9.77. The van der Waals surface area contributed by atoms with Gasteiger partial charge >= 0.3 is 25.2 Å². The molecule has 4 aromatic carbocycles. The highest BCUT2D eigenvalue weighted by Crippen LogP contribution is 2.59. The molecular formula is C33H28F3O8P. The van der Waals surface area contributed by atoms with Crippen molar-refractivity contribution >= 4 is 25.3 Å². The van der Waals surface area contributed by atoms with Gasteiger partial charge in [-0.25, -0.2) is 14.0 Å². The summed E-state index contributed by atoms with van der Waals surface area (Å²) < 4.78 is 63.6. The summed E-state index contributed by atoms with van der Waals surface area (Å²) in [6.07, 6.45) is -0.107. The number of alkyl halides is 2. The largest absolute Gasteiger partial charge is 0.465 e. The average Bonchev–Trinajstić information content (AvgIpc) is 3.03. The second-order valence-electron chi connectivity index (χ2n) is 10.3. The SMILES string of the molecule is COC(=O)c1ccc(CC(Cc2ccc(C(F)(F)P(=O)(O)O)cc2)(C(=O)c2ccc(F)cc2)c2ccc(C(=O)OC)cc2)cc1. The molecule has 0 saturated carbocycles. The maximum absolute atomic E-state index is 14.5. The number of hydrogen-bond donors (Lipinski definition) is 2. The maximum atomic E-state index is 14.5. The molecule has 0 aromatic heterocycles. The van der Waals surface area contributed by atoms with Crippen molar-refractivity contribution in [2.75, 3.05) is 14.2 Å². The molecule has 0 bridgehead atoms. The lowest BCUT2D eigenvalue weighted by molar-refractivity contribution is 0.0564. The molecule has 234 valence electrons. The van der Waals surface area contributed by atoms with E-state index in [2.05, 4.69) is 0 Å². The van der Waals surface area contributed by atoms with Crippen molar-refractivity contribution < 1.29 is 51.4 Å². The molecule has 0 aliphatic rings. The molecule has 0 aliphatic heterocycles. The third kappa shape index (κ3) is 7.06. The van der Waals surface area contributed by atoms with Crippen LogP contribution in [0.4, 0.5) is 13.2 Å². The van der Waals surface area contributed by atoms with Crippen molar-refractivity contribution in [3.8, 4) is 0 Å². The fourth-order valence-electron chi connectivity index (χ4n) is 5.04. The second-order valence-corrected chi connectivity index (χ2v) is 12.0. The first-order valence-electron chi connectivity index (χ1n) is 13.4. The first kappa shape index (κ1) is 33.3. The van der Waals surface area contributed by atoms with Crippen LogP contribution in [0.25, 0.3) is 0 Å². The van der Waals surface area contributed by atoms with Gasteiger partial charge in [0.2, 0.25) is 0 Å². The number of ether oxygens (including phenoxy) is 2. The van der Waals surface area contributed by atoms with E-state index in [1.165, 1.54) is 62.8 Å². The molecule has 0 fully saturated rings. The van der Waals surface area contributed by atoms with Crippen molar-refractivity contribution in [1.82, 2.24) is 0 Å². The third-order valence-electron chi connectivity index (χ3n) is 7.45. The number of halogens is 3. The molecule has 0 heterocycles. The van der Waals surface area contributed by atoms with Gasteiger partial charge in [0.25, 0.3) is 0 Å². The van der Waals surface area contributed by atoms with E-state index in [1.807, 2.05) is 0 Å². The van der Waals surface area contributed by atoms with E-state index >= 15 is 0 Å². The standard InChI is InChI=1S/C33H28F3O8P/c1-43-30(38)24-7-3-21(4-8-24)19-32(29(37)23-11-17-28(34)18-12-23,26-15-9-25(10-16-26)31(39)44-2)20-22-5-13-27(14-6-22)33(35,36)45(40,41)42/h3-18H,19-20H2,1-2H3,(H2,40,41,42). The number of carbonyl (C=O) groups excluding carboxylic acids is 3. The Bertz CT molecular complexity index is 1730. The summed E-state index contributed by atoms with van der Waals surface area (Å²) in [6.45, 7) is 0. The summed E-state index contributed by atoms with van der Waals surface area (Å²) >= 11 is 0. The summed E-state index contributed by atoms with van der Waals surface area (Å²) in [5, 5.41) is 0. The number of hydrogen-bond acceptors (Lipinski definition) is 6. The van der Waals surface area contributed by atoms with Gasteiger partial charge in [-0.05, 0) is 78.1 Å². The average molecular weight is 641 g/mol. The minimum absolute atomic E-state index is 0.00261. The number of ketones is 1. The molecular weight excluding hydrogens is 612 g/mol. The topological polar surface area (TPSA) is 127 Å². The van der Waals surface area contributed by atoms with Crippen LogP contribution in [0.2, 0.25) is 0 Å². The first-order valence-corrected chi connectivity index (χ1v) is 15.0. The highest BCUT2D eigenvalue weighted by Gasteiger charge is 2.50. The number of rotatable bonds is 11. The maximum Gasteiger partial charge on any atom is 0.399 e. The lowest BCUT2D eigenvalue weighted by Gasteiger charge is -2.34. The quantitative estimate of drug-likeness (QED) is 0.112. The normalized spacial score (nSPS) is 13.0.